The Kier molecular flexibility index (Phi) is 6.35. The summed E-state index contributed by atoms with van der Waals surface area (Å²) in [6, 6.07) is 22.2. The molecular weight excluding hydrogens is 374 g/mol. The highest BCUT2D eigenvalue weighted by Crippen LogP contribution is 2.21. The summed E-state index contributed by atoms with van der Waals surface area (Å²) in [5, 5.41) is 3.57. The van der Waals surface area contributed by atoms with Crippen molar-refractivity contribution < 1.29 is 4.79 Å². The van der Waals surface area contributed by atoms with Gasteiger partial charge in [0.1, 0.15) is 11.5 Å². The van der Waals surface area contributed by atoms with E-state index < -0.39 is 0 Å². The molecule has 0 bridgehead atoms. The lowest BCUT2D eigenvalue weighted by molar-refractivity contribution is 0.0790. The summed E-state index contributed by atoms with van der Waals surface area (Å²) < 4.78 is 0. The number of hydrogen-bond acceptors (Lipinski definition) is 5. The first kappa shape index (κ1) is 20.0. The first-order chi connectivity index (χ1) is 14.7. The van der Waals surface area contributed by atoms with Gasteiger partial charge in [-0.25, -0.2) is 4.98 Å². The topological polar surface area (TPSA) is 61.4 Å². The summed E-state index contributed by atoms with van der Waals surface area (Å²) in [4.78, 5) is 25.9. The first-order valence-electron chi connectivity index (χ1n) is 10.4. The molecule has 0 aliphatic carbocycles. The molecule has 30 heavy (non-hydrogen) atoms. The van der Waals surface area contributed by atoms with Crippen molar-refractivity contribution in [3.8, 4) is 0 Å². The second-order valence-electron chi connectivity index (χ2n) is 7.54. The van der Waals surface area contributed by atoms with Gasteiger partial charge in [-0.15, -0.1) is 0 Å². The molecular formula is C24H27N5O. The highest BCUT2D eigenvalue weighted by Gasteiger charge is 2.22. The van der Waals surface area contributed by atoms with Crippen molar-refractivity contribution >= 4 is 11.7 Å². The Labute approximate surface area is 177 Å². The molecule has 1 aromatic carbocycles. The van der Waals surface area contributed by atoms with Crippen molar-refractivity contribution in [1.82, 2.24) is 20.2 Å². The third kappa shape index (κ3) is 4.83. The number of carbonyl (C=O) groups is 1. The molecule has 3 heterocycles. The van der Waals surface area contributed by atoms with Crippen LogP contribution < -0.4 is 10.2 Å². The minimum atomic E-state index is -0.0671. The molecule has 0 radical (unpaired) electrons. The number of carbonyl (C=O) groups excluding carboxylic acids is 1. The average Bonchev–Trinajstić information content (AvgIpc) is 2.83. The molecule has 1 fully saturated rings. The van der Waals surface area contributed by atoms with Gasteiger partial charge in [0.05, 0.1) is 0 Å². The summed E-state index contributed by atoms with van der Waals surface area (Å²) >= 11 is 0. The lowest BCUT2D eigenvalue weighted by Crippen LogP contribution is -2.46. The van der Waals surface area contributed by atoms with Crippen LogP contribution in [0.2, 0.25) is 0 Å². The number of amides is 1. The molecule has 1 atom stereocenters. The minimum Gasteiger partial charge on any atom is -0.353 e. The van der Waals surface area contributed by atoms with E-state index in [1.54, 1.807) is 17.2 Å². The molecule has 0 spiro atoms. The SMILES string of the molecule is CN(CCc1ccccn1)C(=O)c1cccc(N2CCN[C@H](c3ccccc3)C2)n1. The van der Waals surface area contributed by atoms with Gasteiger partial charge in [-0.1, -0.05) is 42.5 Å². The fourth-order valence-corrected chi connectivity index (χ4v) is 3.71. The smallest absolute Gasteiger partial charge is 0.272 e. The average molecular weight is 402 g/mol. The second-order valence-corrected chi connectivity index (χ2v) is 7.54. The van der Waals surface area contributed by atoms with Crippen LogP contribution in [0.15, 0.2) is 72.9 Å². The summed E-state index contributed by atoms with van der Waals surface area (Å²) in [6.07, 6.45) is 2.50. The third-order valence-corrected chi connectivity index (χ3v) is 5.43. The Morgan fingerprint density at radius 3 is 2.73 bits per heavy atom. The van der Waals surface area contributed by atoms with E-state index in [-0.39, 0.29) is 11.9 Å². The summed E-state index contributed by atoms with van der Waals surface area (Å²) in [7, 11) is 1.82. The van der Waals surface area contributed by atoms with Gasteiger partial charge >= 0.3 is 0 Å². The van der Waals surface area contributed by atoms with E-state index in [0.29, 0.717) is 12.2 Å². The number of likely N-dealkylation sites (N-methyl/N-ethyl adjacent to an activating group) is 1. The predicted molar refractivity (Wildman–Crippen MR) is 119 cm³/mol. The van der Waals surface area contributed by atoms with Crippen LogP contribution in [0.5, 0.6) is 0 Å². The molecule has 6 heteroatoms. The zero-order valence-corrected chi connectivity index (χ0v) is 17.2. The lowest BCUT2D eigenvalue weighted by Gasteiger charge is -2.35. The molecule has 0 saturated carbocycles. The van der Waals surface area contributed by atoms with Crippen LogP contribution >= 0.6 is 0 Å². The molecule has 3 aromatic rings. The van der Waals surface area contributed by atoms with E-state index in [4.69, 9.17) is 4.98 Å². The van der Waals surface area contributed by atoms with Gasteiger partial charge < -0.3 is 15.1 Å². The number of nitrogens with one attached hydrogen (secondary N) is 1. The standard InChI is InChI=1S/C24H27N5O/c1-28(16-13-20-10-5-6-14-25-20)24(30)21-11-7-12-23(27-21)29-17-15-26-22(18-29)19-8-3-2-4-9-19/h2-12,14,22,26H,13,15-18H2,1H3/t22-/m0/s1. The maximum absolute atomic E-state index is 12.9. The molecule has 1 amide bonds. The number of rotatable bonds is 6. The minimum absolute atomic E-state index is 0.0671. The first-order valence-corrected chi connectivity index (χ1v) is 10.4. The van der Waals surface area contributed by atoms with E-state index in [0.717, 1.165) is 37.6 Å². The van der Waals surface area contributed by atoms with Gasteiger partial charge in [-0.3, -0.25) is 9.78 Å². The molecule has 4 rings (SSSR count). The number of piperazine rings is 1. The van der Waals surface area contributed by atoms with Gasteiger partial charge in [0, 0.05) is 57.6 Å². The van der Waals surface area contributed by atoms with E-state index in [2.05, 4.69) is 39.5 Å². The van der Waals surface area contributed by atoms with Crippen LogP contribution in [0, 0.1) is 0 Å². The monoisotopic (exact) mass is 401 g/mol. The largest absolute Gasteiger partial charge is 0.353 e. The Morgan fingerprint density at radius 2 is 1.93 bits per heavy atom. The number of hydrogen-bond donors (Lipinski definition) is 1. The van der Waals surface area contributed by atoms with Crippen molar-refractivity contribution in [2.24, 2.45) is 0 Å². The fraction of sp³-hybridized carbons (Fsp3) is 0.292. The molecule has 154 valence electrons. The van der Waals surface area contributed by atoms with Crippen molar-refractivity contribution in [2.45, 2.75) is 12.5 Å². The van der Waals surface area contributed by atoms with Crippen LogP contribution in [0.1, 0.15) is 27.8 Å². The molecule has 1 aliphatic rings. The normalized spacial score (nSPS) is 16.3. The molecule has 1 aliphatic heterocycles. The van der Waals surface area contributed by atoms with Crippen LogP contribution in [0.25, 0.3) is 0 Å². The van der Waals surface area contributed by atoms with Crippen LogP contribution in [-0.4, -0.2) is 54.0 Å². The number of benzene rings is 1. The van der Waals surface area contributed by atoms with E-state index in [1.165, 1.54) is 5.56 Å². The summed E-state index contributed by atoms with van der Waals surface area (Å²) in [5.41, 5.74) is 2.72. The van der Waals surface area contributed by atoms with Gasteiger partial charge in [-0.2, -0.15) is 0 Å². The predicted octanol–water partition coefficient (Wildman–Crippen LogP) is 2.94. The maximum atomic E-state index is 12.9. The number of anilines is 1. The second kappa shape index (κ2) is 9.50. The maximum Gasteiger partial charge on any atom is 0.272 e. The van der Waals surface area contributed by atoms with Crippen LogP contribution in [0.4, 0.5) is 5.82 Å². The fourth-order valence-electron chi connectivity index (χ4n) is 3.71. The Hall–Kier alpha value is -3.25. The number of pyridine rings is 2. The third-order valence-electron chi connectivity index (χ3n) is 5.43. The van der Waals surface area contributed by atoms with E-state index in [1.807, 2.05) is 43.4 Å². The van der Waals surface area contributed by atoms with Crippen molar-refractivity contribution in [3.63, 3.8) is 0 Å². The van der Waals surface area contributed by atoms with Gasteiger partial charge in [0.2, 0.25) is 0 Å². The van der Waals surface area contributed by atoms with Gasteiger partial charge in [0.15, 0.2) is 0 Å². The zero-order valence-electron chi connectivity index (χ0n) is 17.2. The van der Waals surface area contributed by atoms with Crippen molar-refractivity contribution in [3.05, 3.63) is 89.9 Å². The van der Waals surface area contributed by atoms with Gasteiger partial charge in [0.25, 0.3) is 5.91 Å². The van der Waals surface area contributed by atoms with Crippen molar-refractivity contribution in [1.29, 1.82) is 0 Å². The van der Waals surface area contributed by atoms with E-state index >= 15 is 0 Å². The molecule has 1 saturated heterocycles. The highest BCUT2D eigenvalue weighted by molar-refractivity contribution is 5.92. The quantitative estimate of drug-likeness (QED) is 0.688. The molecule has 1 N–H and O–H groups in total. The highest BCUT2D eigenvalue weighted by atomic mass is 16.2. The van der Waals surface area contributed by atoms with Crippen LogP contribution in [-0.2, 0) is 6.42 Å². The molecule has 6 nitrogen and oxygen atoms in total. The van der Waals surface area contributed by atoms with E-state index in [9.17, 15) is 4.79 Å². The van der Waals surface area contributed by atoms with Gasteiger partial charge in [-0.05, 0) is 29.8 Å². The van der Waals surface area contributed by atoms with Crippen molar-refractivity contribution in [2.75, 3.05) is 38.1 Å². The molecule has 2 aromatic heterocycles. The van der Waals surface area contributed by atoms with Crippen LogP contribution in [0.3, 0.4) is 0 Å². The number of aromatic nitrogens is 2. The lowest BCUT2D eigenvalue weighted by atomic mass is 10.0. The molecule has 0 unspecified atom stereocenters. The Morgan fingerprint density at radius 1 is 1.10 bits per heavy atom. The Balaban J connectivity index is 1.42. The summed E-state index contributed by atoms with van der Waals surface area (Å²) in [5.74, 6) is 0.781. The zero-order chi connectivity index (χ0) is 20.8. The summed E-state index contributed by atoms with van der Waals surface area (Å²) in [6.45, 7) is 3.17. The Bertz CT molecular complexity index is 964. The number of nitrogens with zero attached hydrogens (tertiary/aromatic N) is 4.